The van der Waals surface area contributed by atoms with Crippen molar-refractivity contribution >= 4 is 17.6 Å². The van der Waals surface area contributed by atoms with Gasteiger partial charge in [0.15, 0.2) is 5.69 Å². The van der Waals surface area contributed by atoms with Gasteiger partial charge in [-0.3, -0.25) is 0 Å². The van der Waals surface area contributed by atoms with E-state index in [0.29, 0.717) is 11.6 Å². The van der Waals surface area contributed by atoms with E-state index >= 15 is 0 Å². The fourth-order valence-corrected chi connectivity index (χ4v) is 2.36. The van der Waals surface area contributed by atoms with Crippen molar-refractivity contribution in [2.45, 2.75) is 39.0 Å². The fraction of sp³-hybridized carbons (Fsp3) is 0.583. The smallest absolute Gasteiger partial charge is 0.360 e. The quantitative estimate of drug-likeness (QED) is 0.601. The molecule has 0 bridgehead atoms. The molecule has 0 fully saturated rings. The minimum atomic E-state index is -0.489. The summed E-state index contributed by atoms with van der Waals surface area (Å²) in [5.74, 6) is -0.489. The van der Waals surface area contributed by atoms with Gasteiger partial charge in [-0.05, 0) is 38.2 Å². The number of halogens is 1. The standard InChI is InChI=1S/C12H15ClN2O2/c1-2-17-12(16)11-10(13)8-6-4-3-5-7-9(8)14-15-11/h2-7H2,1H3. The number of esters is 1. The average molecular weight is 255 g/mol. The van der Waals surface area contributed by atoms with Crippen molar-refractivity contribution in [3.63, 3.8) is 0 Å². The Kier molecular flexibility index (Phi) is 3.94. The van der Waals surface area contributed by atoms with Gasteiger partial charge < -0.3 is 4.74 Å². The lowest BCUT2D eigenvalue weighted by atomic mass is 10.1. The number of hydrogen-bond acceptors (Lipinski definition) is 4. The molecular weight excluding hydrogens is 240 g/mol. The summed E-state index contributed by atoms with van der Waals surface area (Å²) in [6.45, 7) is 2.07. The Morgan fingerprint density at radius 1 is 1.29 bits per heavy atom. The van der Waals surface area contributed by atoms with Crippen molar-refractivity contribution in [2.24, 2.45) is 0 Å². The zero-order valence-corrected chi connectivity index (χ0v) is 10.6. The normalized spacial score (nSPS) is 14.9. The van der Waals surface area contributed by atoms with E-state index < -0.39 is 5.97 Å². The predicted molar refractivity (Wildman–Crippen MR) is 64.3 cm³/mol. The Labute approximate surface area is 105 Å². The highest BCUT2D eigenvalue weighted by Gasteiger charge is 2.21. The van der Waals surface area contributed by atoms with Gasteiger partial charge in [-0.1, -0.05) is 18.0 Å². The van der Waals surface area contributed by atoms with Crippen LogP contribution in [0.2, 0.25) is 5.02 Å². The van der Waals surface area contributed by atoms with Gasteiger partial charge in [-0.2, -0.15) is 5.10 Å². The maximum absolute atomic E-state index is 11.6. The maximum atomic E-state index is 11.6. The summed E-state index contributed by atoms with van der Waals surface area (Å²) in [4.78, 5) is 11.6. The second-order valence-corrected chi connectivity index (χ2v) is 4.45. The second kappa shape index (κ2) is 5.45. The molecule has 1 aliphatic carbocycles. The lowest BCUT2D eigenvalue weighted by Gasteiger charge is -2.09. The number of hydrogen-bond donors (Lipinski definition) is 0. The van der Waals surface area contributed by atoms with E-state index in [2.05, 4.69) is 10.2 Å². The van der Waals surface area contributed by atoms with E-state index in [4.69, 9.17) is 16.3 Å². The van der Waals surface area contributed by atoms with Crippen molar-refractivity contribution in [2.75, 3.05) is 6.61 Å². The van der Waals surface area contributed by atoms with Gasteiger partial charge in [-0.15, -0.1) is 5.10 Å². The van der Waals surface area contributed by atoms with Crippen LogP contribution in [0.25, 0.3) is 0 Å². The third-order valence-electron chi connectivity index (χ3n) is 2.90. The van der Waals surface area contributed by atoms with Crippen LogP contribution in [0.4, 0.5) is 0 Å². The first-order valence-corrected chi connectivity index (χ1v) is 6.33. The molecule has 0 amide bonds. The zero-order chi connectivity index (χ0) is 12.3. The van der Waals surface area contributed by atoms with Crippen molar-refractivity contribution in [1.29, 1.82) is 0 Å². The Balaban J connectivity index is 2.37. The van der Waals surface area contributed by atoms with Gasteiger partial charge in [0.05, 0.1) is 17.3 Å². The summed E-state index contributed by atoms with van der Waals surface area (Å²) in [5.41, 5.74) is 2.05. The molecule has 4 nitrogen and oxygen atoms in total. The number of aryl methyl sites for hydroxylation is 1. The summed E-state index contributed by atoms with van der Waals surface area (Å²) in [5, 5.41) is 8.43. The average Bonchev–Trinajstić information content (AvgIpc) is 2.55. The van der Waals surface area contributed by atoms with Crippen molar-refractivity contribution in [3.05, 3.63) is 22.0 Å². The molecule has 0 unspecified atom stereocenters. The van der Waals surface area contributed by atoms with Gasteiger partial charge in [-0.25, -0.2) is 4.79 Å². The molecule has 5 heteroatoms. The molecule has 0 saturated heterocycles. The summed E-state index contributed by atoms with van der Waals surface area (Å²) in [6, 6.07) is 0. The highest BCUT2D eigenvalue weighted by atomic mass is 35.5. The monoisotopic (exact) mass is 254 g/mol. The number of fused-ring (bicyclic) bond motifs is 1. The minimum absolute atomic E-state index is 0.147. The van der Waals surface area contributed by atoms with E-state index in [1.54, 1.807) is 6.92 Å². The van der Waals surface area contributed by atoms with Crippen molar-refractivity contribution < 1.29 is 9.53 Å². The Morgan fingerprint density at radius 2 is 2.06 bits per heavy atom. The first kappa shape index (κ1) is 12.3. The van der Waals surface area contributed by atoms with Crippen LogP contribution in [0, 0.1) is 0 Å². The molecule has 0 N–H and O–H groups in total. The van der Waals surface area contributed by atoms with Crippen LogP contribution in [-0.2, 0) is 17.6 Å². The van der Waals surface area contributed by atoms with Gasteiger partial charge in [0.25, 0.3) is 0 Å². The second-order valence-electron chi connectivity index (χ2n) is 4.07. The number of carbonyl (C=O) groups is 1. The van der Waals surface area contributed by atoms with E-state index in [9.17, 15) is 4.79 Å². The molecular formula is C12H15ClN2O2. The molecule has 0 atom stereocenters. The van der Waals surface area contributed by atoms with E-state index in [1.165, 1.54) is 6.42 Å². The van der Waals surface area contributed by atoms with E-state index in [0.717, 1.165) is 36.9 Å². The van der Waals surface area contributed by atoms with Crippen LogP contribution >= 0.6 is 11.6 Å². The third kappa shape index (κ3) is 2.57. The summed E-state index contributed by atoms with van der Waals surface area (Å²) >= 11 is 6.23. The Hall–Kier alpha value is -1.16. The lowest BCUT2D eigenvalue weighted by molar-refractivity contribution is 0.0518. The highest BCUT2D eigenvalue weighted by molar-refractivity contribution is 6.34. The predicted octanol–water partition coefficient (Wildman–Crippen LogP) is 2.58. The summed E-state index contributed by atoms with van der Waals surface area (Å²) < 4.78 is 4.91. The lowest BCUT2D eigenvalue weighted by Crippen LogP contribution is -2.12. The number of rotatable bonds is 2. The first-order valence-electron chi connectivity index (χ1n) is 5.95. The number of ether oxygens (including phenoxy) is 1. The molecule has 92 valence electrons. The molecule has 1 heterocycles. The molecule has 0 saturated carbocycles. The van der Waals surface area contributed by atoms with Crippen LogP contribution in [0.3, 0.4) is 0 Å². The topological polar surface area (TPSA) is 52.1 Å². The van der Waals surface area contributed by atoms with Gasteiger partial charge >= 0.3 is 5.97 Å². The number of aromatic nitrogens is 2. The minimum Gasteiger partial charge on any atom is -0.461 e. The maximum Gasteiger partial charge on any atom is 0.360 e. The van der Waals surface area contributed by atoms with Crippen molar-refractivity contribution in [1.82, 2.24) is 10.2 Å². The molecule has 2 rings (SSSR count). The van der Waals surface area contributed by atoms with Crippen LogP contribution in [0.5, 0.6) is 0 Å². The molecule has 1 aromatic heterocycles. The van der Waals surface area contributed by atoms with Gasteiger partial charge in [0, 0.05) is 0 Å². The van der Waals surface area contributed by atoms with E-state index in [1.807, 2.05) is 0 Å². The summed E-state index contributed by atoms with van der Waals surface area (Å²) in [6.07, 6.45) is 5.13. The fourth-order valence-electron chi connectivity index (χ4n) is 2.04. The number of carbonyl (C=O) groups excluding carboxylic acids is 1. The summed E-state index contributed by atoms with van der Waals surface area (Å²) in [7, 11) is 0. The first-order chi connectivity index (χ1) is 8.24. The van der Waals surface area contributed by atoms with Crippen LogP contribution in [0.1, 0.15) is 47.9 Å². The third-order valence-corrected chi connectivity index (χ3v) is 3.31. The van der Waals surface area contributed by atoms with Crippen LogP contribution < -0.4 is 0 Å². The highest BCUT2D eigenvalue weighted by Crippen LogP contribution is 2.27. The van der Waals surface area contributed by atoms with E-state index in [-0.39, 0.29) is 5.69 Å². The molecule has 1 aliphatic rings. The molecule has 17 heavy (non-hydrogen) atoms. The van der Waals surface area contributed by atoms with Crippen LogP contribution in [-0.4, -0.2) is 22.8 Å². The molecule has 0 spiro atoms. The zero-order valence-electron chi connectivity index (χ0n) is 9.83. The van der Waals surface area contributed by atoms with Gasteiger partial charge in [0.2, 0.25) is 0 Å². The SMILES string of the molecule is CCOC(=O)c1nnc2c(c1Cl)CCCCC2. The molecule has 0 aliphatic heterocycles. The molecule has 0 aromatic carbocycles. The Morgan fingerprint density at radius 3 is 2.82 bits per heavy atom. The van der Waals surface area contributed by atoms with Crippen LogP contribution in [0.15, 0.2) is 0 Å². The number of nitrogens with zero attached hydrogens (tertiary/aromatic N) is 2. The largest absolute Gasteiger partial charge is 0.461 e. The van der Waals surface area contributed by atoms with Crippen molar-refractivity contribution in [3.8, 4) is 0 Å². The van der Waals surface area contributed by atoms with Gasteiger partial charge in [0.1, 0.15) is 0 Å². The Bertz CT molecular complexity index is 435. The molecule has 0 radical (unpaired) electrons. The molecule has 1 aromatic rings.